The molecule has 4 aliphatic carbocycles. The van der Waals surface area contributed by atoms with Gasteiger partial charge in [-0.25, -0.2) is 0 Å². The second kappa shape index (κ2) is 12.0. The molecule has 0 heterocycles. The van der Waals surface area contributed by atoms with Gasteiger partial charge in [0.15, 0.2) is 0 Å². The van der Waals surface area contributed by atoms with Crippen LogP contribution < -0.4 is 0 Å². The van der Waals surface area contributed by atoms with Crippen LogP contribution in [0, 0.1) is 17.8 Å². The standard InChI is InChI=1S/C19H21BrO.C18H19BrO2.2CH4/c1-11-3-4-14-15(7-11)13-5-6-19(2)10-12(21)8-17(19)16(13)9-18(14)20;1-18-5-4-12-14-6-10(20)2-3-13(14)17(19)8-15(12)16(18)7-11(21)9-18;;/h3-4,7,9,12,17,21H,5-6,8,10H2,1-2H3;2-3,6,8,11,16,20-21H,4-5,7,9H2,1H3;2*1H4/t12-,17-,19+;11-,16-,18+;;/m00../s1. The lowest BCUT2D eigenvalue weighted by atomic mass is 9.66. The highest BCUT2D eigenvalue weighted by Crippen LogP contribution is 2.58. The lowest BCUT2D eigenvalue weighted by Gasteiger charge is -2.38. The predicted octanol–water partition coefficient (Wildman–Crippen LogP) is 10.9. The third-order valence-electron chi connectivity index (χ3n) is 11.3. The van der Waals surface area contributed by atoms with Crippen molar-refractivity contribution in [2.24, 2.45) is 10.8 Å². The van der Waals surface area contributed by atoms with Gasteiger partial charge in [-0.1, -0.05) is 84.3 Å². The number of hydrogen-bond donors (Lipinski definition) is 3. The van der Waals surface area contributed by atoms with E-state index in [0.717, 1.165) is 60.2 Å². The Morgan fingerprint density at radius 2 is 1.11 bits per heavy atom. The van der Waals surface area contributed by atoms with E-state index in [4.69, 9.17) is 0 Å². The van der Waals surface area contributed by atoms with E-state index in [9.17, 15) is 15.3 Å². The summed E-state index contributed by atoms with van der Waals surface area (Å²) >= 11 is 7.45. The Hall–Kier alpha value is -1.92. The summed E-state index contributed by atoms with van der Waals surface area (Å²) in [6, 6.07) is 16.9. The van der Waals surface area contributed by atoms with Crippen LogP contribution in [0.15, 0.2) is 57.5 Å². The van der Waals surface area contributed by atoms with Gasteiger partial charge in [0.2, 0.25) is 0 Å². The Bertz CT molecular complexity index is 1600. The maximum absolute atomic E-state index is 10.2. The summed E-state index contributed by atoms with van der Waals surface area (Å²) in [5.41, 5.74) is 7.55. The first-order chi connectivity index (χ1) is 20.0. The minimum Gasteiger partial charge on any atom is -0.508 e. The fourth-order valence-electron chi connectivity index (χ4n) is 9.22. The highest BCUT2D eigenvalue weighted by Gasteiger charge is 2.48. The summed E-state index contributed by atoms with van der Waals surface area (Å²) < 4.78 is 2.28. The fourth-order valence-corrected chi connectivity index (χ4v) is 10.4. The monoisotopic (exact) mass is 722 g/mol. The molecular weight excluding hydrogens is 676 g/mol. The van der Waals surface area contributed by atoms with Crippen molar-refractivity contribution in [3.8, 4) is 5.75 Å². The molecule has 3 nitrogen and oxygen atoms in total. The zero-order valence-electron chi connectivity index (χ0n) is 24.7. The molecule has 4 aromatic rings. The molecule has 0 spiro atoms. The third-order valence-corrected chi connectivity index (χ3v) is 12.7. The Morgan fingerprint density at radius 3 is 1.61 bits per heavy atom. The van der Waals surface area contributed by atoms with Crippen LogP contribution in [0.3, 0.4) is 0 Å². The Balaban J connectivity index is 0.000000167. The summed E-state index contributed by atoms with van der Waals surface area (Å²) in [6.45, 7) is 6.85. The molecule has 4 aliphatic rings. The topological polar surface area (TPSA) is 60.7 Å². The van der Waals surface area contributed by atoms with Gasteiger partial charge in [-0.15, -0.1) is 0 Å². The summed E-state index contributed by atoms with van der Waals surface area (Å²) in [5.74, 6) is 1.26. The number of aliphatic hydroxyl groups excluding tert-OH is 2. The summed E-state index contributed by atoms with van der Waals surface area (Å²) in [7, 11) is 0. The van der Waals surface area contributed by atoms with Crippen molar-refractivity contribution in [1.29, 1.82) is 0 Å². The van der Waals surface area contributed by atoms with Crippen molar-refractivity contribution in [1.82, 2.24) is 0 Å². The van der Waals surface area contributed by atoms with Crippen LogP contribution in [0.2, 0.25) is 0 Å². The number of aliphatic hydroxyl groups is 2. The first-order valence-electron chi connectivity index (χ1n) is 15.5. The first-order valence-corrected chi connectivity index (χ1v) is 17.1. The van der Waals surface area contributed by atoms with Crippen LogP contribution in [0.5, 0.6) is 5.75 Å². The van der Waals surface area contributed by atoms with Gasteiger partial charge in [0.1, 0.15) is 5.75 Å². The Morgan fingerprint density at radius 1 is 0.659 bits per heavy atom. The van der Waals surface area contributed by atoms with Crippen molar-refractivity contribution in [3.63, 3.8) is 0 Å². The van der Waals surface area contributed by atoms with E-state index in [0.29, 0.717) is 17.6 Å². The number of rotatable bonds is 0. The smallest absolute Gasteiger partial charge is 0.116 e. The summed E-state index contributed by atoms with van der Waals surface area (Å²) in [5, 5.41) is 35.2. The largest absolute Gasteiger partial charge is 0.508 e. The maximum atomic E-state index is 10.2. The third kappa shape index (κ3) is 5.44. The van der Waals surface area contributed by atoms with E-state index in [2.05, 4.69) is 83.0 Å². The molecule has 6 atom stereocenters. The van der Waals surface area contributed by atoms with Crippen molar-refractivity contribution < 1.29 is 15.3 Å². The number of halogens is 2. The quantitative estimate of drug-likeness (QED) is 0.169. The molecule has 0 unspecified atom stereocenters. The number of aromatic hydroxyl groups is 1. The predicted molar refractivity (Wildman–Crippen MR) is 192 cm³/mol. The van der Waals surface area contributed by atoms with Gasteiger partial charge in [0.05, 0.1) is 12.2 Å². The van der Waals surface area contributed by atoms with Gasteiger partial charge in [-0.3, -0.25) is 0 Å². The minimum absolute atomic E-state index is 0. The maximum Gasteiger partial charge on any atom is 0.116 e. The highest BCUT2D eigenvalue weighted by atomic mass is 79.9. The molecule has 0 saturated heterocycles. The van der Waals surface area contributed by atoms with Gasteiger partial charge in [-0.05, 0) is 155 Å². The lowest BCUT2D eigenvalue weighted by Crippen LogP contribution is -2.26. The zero-order valence-corrected chi connectivity index (χ0v) is 27.9. The molecule has 8 rings (SSSR count). The van der Waals surface area contributed by atoms with Gasteiger partial charge in [-0.2, -0.15) is 0 Å². The van der Waals surface area contributed by atoms with E-state index >= 15 is 0 Å². The van der Waals surface area contributed by atoms with E-state index in [1.54, 1.807) is 6.07 Å². The minimum atomic E-state index is -0.176. The van der Waals surface area contributed by atoms with Crippen LogP contribution in [-0.4, -0.2) is 27.5 Å². The van der Waals surface area contributed by atoms with Gasteiger partial charge >= 0.3 is 0 Å². The average Bonchev–Trinajstić information content (AvgIpc) is 3.42. The number of fused-ring (bicyclic) bond motifs is 10. The molecule has 4 aromatic carbocycles. The van der Waals surface area contributed by atoms with Crippen molar-refractivity contribution in [2.45, 2.75) is 111 Å². The van der Waals surface area contributed by atoms with E-state index < -0.39 is 0 Å². The number of phenols is 1. The van der Waals surface area contributed by atoms with Crippen LogP contribution in [0.25, 0.3) is 21.5 Å². The number of hydrogen-bond acceptors (Lipinski definition) is 3. The fraction of sp³-hybridized carbons (Fsp3) is 0.487. The van der Waals surface area contributed by atoms with Crippen LogP contribution >= 0.6 is 31.9 Å². The first kappa shape index (κ1) is 33.4. The molecule has 2 saturated carbocycles. The highest BCUT2D eigenvalue weighted by molar-refractivity contribution is 9.11. The number of aryl methyl sites for hydroxylation is 3. The summed E-state index contributed by atoms with van der Waals surface area (Å²) in [4.78, 5) is 0. The second-order valence-corrected chi connectivity index (χ2v) is 15.9. The zero-order chi connectivity index (χ0) is 29.6. The molecule has 0 aromatic heterocycles. The van der Waals surface area contributed by atoms with E-state index in [-0.39, 0.29) is 37.9 Å². The van der Waals surface area contributed by atoms with Gasteiger partial charge in [0.25, 0.3) is 0 Å². The summed E-state index contributed by atoms with van der Waals surface area (Å²) in [6.07, 6.45) is 7.84. The van der Waals surface area contributed by atoms with Crippen molar-refractivity contribution >= 4 is 53.4 Å². The van der Waals surface area contributed by atoms with E-state index in [1.165, 1.54) is 49.5 Å². The molecule has 0 bridgehead atoms. The molecule has 236 valence electrons. The SMILES string of the molecule is C.C.C[C@]12CCc3c(cc(Br)c4ccc(O)cc34)[C@@H]1C[C@H](O)C2.Cc1ccc2c(Br)cc3c(c2c1)CC[C@]1(C)C[C@@H](O)C[C@@H]31. The van der Waals surface area contributed by atoms with Crippen LogP contribution in [-0.2, 0) is 12.8 Å². The second-order valence-electron chi connectivity index (χ2n) is 14.2. The molecule has 44 heavy (non-hydrogen) atoms. The number of phenolic OH excluding ortho intramolecular Hbond substituents is 1. The van der Waals surface area contributed by atoms with Crippen molar-refractivity contribution in [2.75, 3.05) is 0 Å². The van der Waals surface area contributed by atoms with Crippen LogP contribution in [0.1, 0.15) is 107 Å². The molecular formula is C39H48Br2O3. The van der Waals surface area contributed by atoms with Gasteiger partial charge in [0, 0.05) is 8.95 Å². The van der Waals surface area contributed by atoms with Crippen LogP contribution in [0.4, 0.5) is 0 Å². The normalized spacial score (nSPS) is 29.8. The van der Waals surface area contributed by atoms with Crippen molar-refractivity contribution in [3.05, 3.63) is 85.3 Å². The Labute approximate surface area is 280 Å². The Kier molecular flexibility index (Phi) is 9.14. The molecule has 2 fully saturated rings. The lowest BCUT2D eigenvalue weighted by molar-refractivity contribution is 0.159. The molecule has 5 heteroatoms. The molecule has 0 amide bonds. The molecule has 0 aliphatic heterocycles. The molecule has 3 N–H and O–H groups in total. The van der Waals surface area contributed by atoms with Gasteiger partial charge < -0.3 is 15.3 Å². The number of benzene rings is 4. The molecule has 0 radical (unpaired) electrons. The average molecular weight is 725 g/mol. The van der Waals surface area contributed by atoms with E-state index in [1.807, 2.05) is 12.1 Å².